The maximum absolute atomic E-state index is 13.4. The topological polar surface area (TPSA) is 33.2 Å². The lowest BCUT2D eigenvalue weighted by Crippen LogP contribution is -2.33. The average Bonchev–Trinajstić information content (AvgIpc) is 2.72. The summed E-state index contributed by atoms with van der Waals surface area (Å²) in [7, 11) is 0. The second-order valence-electron chi connectivity index (χ2n) is 5.93. The van der Waals surface area contributed by atoms with Gasteiger partial charge in [0, 0.05) is 30.4 Å². The number of hydrogen-bond donors (Lipinski definition) is 0. The van der Waals surface area contributed by atoms with E-state index in [1.807, 2.05) is 84.6 Å². The van der Waals surface area contributed by atoms with Crippen LogP contribution in [0.1, 0.15) is 23.3 Å². The van der Waals surface area contributed by atoms with Crippen LogP contribution in [-0.2, 0) is 11.3 Å². The van der Waals surface area contributed by atoms with E-state index in [0.717, 1.165) is 16.0 Å². The highest BCUT2D eigenvalue weighted by Gasteiger charge is 2.26. The summed E-state index contributed by atoms with van der Waals surface area (Å²) in [6, 6.07) is 24.0. The molecule has 1 amide bonds. The summed E-state index contributed by atoms with van der Waals surface area (Å²) >= 11 is 1.60. The van der Waals surface area contributed by atoms with Gasteiger partial charge in [-0.3, -0.25) is 9.78 Å². The zero-order chi connectivity index (χ0) is 18.2. The van der Waals surface area contributed by atoms with Gasteiger partial charge in [-0.15, -0.1) is 11.8 Å². The first-order chi connectivity index (χ1) is 12.8. The predicted molar refractivity (Wildman–Crippen MR) is 107 cm³/mol. The standard InChI is InChI=1S/C22H22N2OS/c1-2-24(17-18-13-15-23-16-14-18)22(25)21(19-9-5-3-6-10-19)26-20-11-7-4-8-12-20/h3-16,21H,2,17H2,1H3. The molecule has 3 aromatic rings. The van der Waals surface area contributed by atoms with Crippen LogP contribution in [0.25, 0.3) is 0 Å². The van der Waals surface area contributed by atoms with Gasteiger partial charge in [0.15, 0.2) is 0 Å². The molecule has 0 aliphatic rings. The summed E-state index contributed by atoms with van der Waals surface area (Å²) in [6.45, 7) is 3.28. The number of carbonyl (C=O) groups excluding carboxylic acids is 1. The number of benzene rings is 2. The Morgan fingerprint density at radius 1 is 0.962 bits per heavy atom. The molecular formula is C22H22N2OS. The normalized spacial score (nSPS) is 11.7. The SMILES string of the molecule is CCN(Cc1ccncc1)C(=O)C(Sc1ccccc1)c1ccccc1. The number of carbonyl (C=O) groups is 1. The van der Waals surface area contributed by atoms with E-state index in [2.05, 4.69) is 4.98 Å². The fourth-order valence-corrected chi connectivity index (χ4v) is 3.87. The maximum atomic E-state index is 13.4. The van der Waals surface area contributed by atoms with Crippen molar-refractivity contribution in [2.24, 2.45) is 0 Å². The predicted octanol–water partition coefficient (Wildman–Crippen LogP) is 4.96. The van der Waals surface area contributed by atoms with E-state index in [9.17, 15) is 4.79 Å². The van der Waals surface area contributed by atoms with E-state index >= 15 is 0 Å². The molecule has 132 valence electrons. The molecule has 0 N–H and O–H groups in total. The van der Waals surface area contributed by atoms with Crippen molar-refractivity contribution in [1.82, 2.24) is 9.88 Å². The molecule has 4 heteroatoms. The van der Waals surface area contributed by atoms with Crippen LogP contribution < -0.4 is 0 Å². The van der Waals surface area contributed by atoms with Crippen molar-refractivity contribution >= 4 is 17.7 Å². The molecule has 1 aromatic heterocycles. The average molecular weight is 362 g/mol. The lowest BCUT2D eigenvalue weighted by atomic mass is 10.1. The van der Waals surface area contributed by atoms with E-state index in [1.165, 1.54) is 0 Å². The van der Waals surface area contributed by atoms with Crippen LogP contribution in [0.15, 0.2) is 90.1 Å². The van der Waals surface area contributed by atoms with Crippen LogP contribution in [0.2, 0.25) is 0 Å². The molecule has 0 bridgehead atoms. The number of likely N-dealkylation sites (N-methyl/N-ethyl adjacent to an activating group) is 1. The second-order valence-corrected chi connectivity index (χ2v) is 7.11. The molecule has 0 saturated carbocycles. The Labute approximate surface area is 159 Å². The third-order valence-corrected chi connectivity index (χ3v) is 5.39. The van der Waals surface area contributed by atoms with Gasteiger partial charge in [0.1, 0.15) is 5.25 Å². The largest absolute Gasteiger partial charge is 0.337 e. The van der Waals surface area contributed by atoms with E-state index in [4.69, 9.17) is 0 Å². The molecule has 0 aliphatic heterocycles. The number of aromatic nitrogens is 1. The summed E-state index contributed by atoms with van der Waals surface area (Å²) in [6.07, 6.45) is 3.53. The number of amides is 1. The van der Waals surface area contributed by atoms with Gasteiger partial charge in [-0.2, -0.15) is 0 Å². The summed E-state index contributed by atoms with van der Waals surface area (Å²) in [4.78, 5) is 20.4. The lowest BCUT2D eigenvalue weighted by molar-refractivity contribution is -0.131. The van der Waals surface area contributed by atoms with E-state index in [1.54, 1.807) is 24.2 Å². The van der Waals surface area contributed by atoms with Gasteiger partial charge in [-0.1, -0.05) is 48.5 Å². The quantitative estimate of drug-likeness (QED) is 0.557. The molecule has 0 saturated heterocycles. The first-order valence-electron chi connectivity index (χ1n) is 8.72. The van der Waals surface area contributed by atoms with E-state index < -0.39 is 0 Å². The Kier molecular flexibility index (Phi) is 6.45. The minimum absolute atomic E-state index is 0.129. The van der Waals surface area contributed by atoms with E-state index in [-0.39, 0.29) is 11.2 Å². The summed E-state index contributed by atoms with van der Waals surface area (Å²) in [5.74, 6) is 0.129. The molecule has 1 atom stereocenters. The molecule has 3 rings (SSSR count). The maximum Gasteiger partial charge on any atom is 0.240 e. The molecular weight excluding hydrogens is 340 g/mol. The van der Waals surface area contributed by atoms with Gasteiger partial charge in [0.05, 0.1) is 0 Å². The van der Waals surface area contributed by atoms with Gasteiger partial charge in [0.2, 0.25) is 5.91 Å². The third kappa shape index (κ3) is 4.73. The van der Waals surface area contributed by atoms with Gasteiger partial charge in [-0.25, -0.2) is 0 Å². The highest BCUT2D eigenvalue weighted by atomic mass is 32.2. The van der Waals surface area contributed by atoms with Crippen molar-refractivity contribution in [3.05, 3.63) is 96.3 Å². The highest BCUT2D eigenvalue weighted by molar-refractivity contribution is 8.00. The smallest absolute Gasteiger partial charge is 0.240 e. The van der Waals surface area contributed by atoms with E-state index in [0.29, 0.717) is 13.1 Å². The Morgan fingerprint density at radius 2 is 1.58 bits per heavy atom. The van der Waals surface area contributed by atoms with Gasteiger partial charge in [0.25, 0.3) is 0 Å². The molecule has 3 nitrogen and oxygen atoms in total. The summed E-state index contributed by atoms with van der Waals surface area (Å²) < 4.78 is 0. The van der Waals surface area contributed by atoms with Crippen molar-refractivity contribution in [1.29, 1.82) is 0 Å². The number of nitrogens with zero attached hydrogens (tertiary/aromatic N) is 2. The van der Waals surface area contributed by atoms with Gasteiger partial charge < -0.3 is 4.90 Å². The first-order valence-corrected chi connectivity index (χ1v) is 9.60. The van der Waals surface area contributed by atoms with Crippen LogP contribution in [-0.4, -0.2) is 22.3 Å². The fourth-order valence-electron chi connectivity index (χ4n) is 2.74. The minimum Gasteiger partial charge on any atom is -0.337 e. The number of pyridine rings is 1. The molecule has 0 fully saturated rings. The Balaban J connectivity index is 1.85. The Morgan fingerprint density at radius 3 is 2.19 bits per heavy atom. The zero-order valence-corrected chi connectivity index (χ0v) is 15.6. The Bertz CT molecular complexity index is 809. The lowest BCUT2D eigenvalue weighted by Gasteiger charge is -2.26. The molecule has 0 aliphatic carbocycles. The second kappa shape index (κ2) is 9.20. The summed E-state index contributed by atoms with van der Waals surface area (Å²) in [5.41, 5.74) is 2.12. The van der Waals surface area contributed by atoms with Crippen molar-refractivity contribution in [2.45, 2.75) is 23.6 Å². The highest BCUT2D eigenvalue weighted by Crippen LogP contribution is 2.36. The Hall–Kier alpha value is -2.59. The summed E-state index contributed by atoms with van der Waals surface area (Å²) in [5, 5.41) is -0.264. The molecule has 1 heterocycles. The number of rotatable bonds is 7. The third-order valence-electron chi connectivity index (χ3n) is 4.14. The van der Waals surface area contributed by atoms with Gasteiger partial charge >= 0.3 is 0 Å². The first kappa shape index (κ1) is 18.2. The molecule has 26 heavy (non-hydrogen) atoms. The van der Waals surface area contributed by atoms with Crippen molar-refractivity contribution in [3.63, 3.8) is 0 Å². The van der Waals surface area contributed by atoms with Crippen molar-refractivity contribution in [3.8, 4) is 0 Å². The fraction of sp³-hybridized carbons (Fsp3) is 0.182. The van der Waals surface area contributed by atoms with Crippen LogP contribution >= 0.6 is 11.8 Å². The molecule has 1 unspecified atom stereocenters. The van der Waals surface area contributed by atoms with Crippen LogP contribution in [0.3, 0.4) is 0 Å². The zero-order valence-electron chi connectivity index (χ0n) is 14.8. The van der Waals surface area contributed by atoms with Crippen LogP contribution in [0.4, 0.5) is 0 Å². The minimum atomic E-state index is -0.264. The molecule has 2 aromatic carbocycles. The van der Waals surface area contributed by atoms with Crippen LogP contribution in [0.5, 0.6) is 0 Å². The molecule has 0 spiro atoms. The van der Waals surface area contributed by atoms with Crippen LogP contribution in [0, 0.1) is 0 Å². The van der Waals surface area contributed by atoms with Crippen molar-refractivity contribution in [2.75, 3.05) is 6.54 Å². The molecule has 0 radical (unpaired) electrons. The monoisotopic (exact) mass is 362 g/mol. The number of thioether (sulfide) groups is 1. The van der Waals surface area contributed by atoms with Gasteiger partial charge in [-0.05, 0) is 42.3 Å². The number of hydrogen-bond acceptors (Lipinski definition) is 3. The van der Waals surface area contributed by atoms with Crippen molar-refractivity contribution < 1.29 is 4.79 Å².